The molecule has 1 atom stereocenters. The van der Waals surface area contributed by atoms with E-state index in [1.165, 1.54) is 19.5 Å². The Hall–Kier alpha value is -0.120. The lowest BCUT2D eigenvalue weighted by Crippen LogP contribution is -2.50. The van der Waals surface area contributed by atoms with Crippen LogP contribution in [0.3, 0.4) is 0 Å². The number of likely N-dealkylation sites (tertiary alicyclic amines) is 1. The molecule has 0 aromatic carbocycles. The number of likely N-dealkylation sites (N-methyl/N-ethyl adjacent to an activating group) is 1. The molecule has 3 heteroatoms. The third-order valence-corrected chi connectivity index (χ3v) is 2.50. The molecule has 0 aliphatic carbocycles. The largest absolute Gasteiger partial charge is 0.378 e. The highest BCUT2D eigenvalue weighted by Gasteiger charge is 2.25. The molecule has 1 N–H and O–H groups in total. The van der Waals surface area contributed by atoms with E-state index >= 15 is 0 Å². The molecule has 2 fully saturated rings. The first-order valence-corrected chi connectivity index (χ1v) is 4.37. The van der Waals surface area contributed by atoms with Gasteiger partial charge in [-0.15, -0.1) is 0 Å². The van der Waals surface area contributed by atoms with Crippen LogP contribution < -0.4 is 5.32 Å². The summed E-state index contributed by atoms with van der Waals surface area (Å²) >= 11 is 0. The number of hydrogen-bond acceptors (Lipinski definition) is 3. The van der Waals surface area contributed by atoms with Crippen LogP contribution in [-0.2, 0) is 4.74 Å². The molecule has 11 heavy (non-hydrogen) atoms. The second-order valence-corrected chi connectivity index (χ2v) is 3.65. The van der Waals surface area contributed by atoms with Gasteiger partial charge >= 0.3 is 0 Å². The van der Waals surface area contributed by atoms with Crippen LogP contribution in [0.4, 0.5) is 0 Å². The molecular formula is C8H16N2O. The third kappa shape index (κ3) is 1.72. The third-order valence-electron chi connectivity index (χ3n) is 2.50. The predicted octanol–water partition coefficient (Wildman–Crippen LogP) is -0.321. The topological polar surface area (TPSA) is 24.5 Å². The Kier molecular flexibility index (Phi) is 2.11. The van der Waals surface area contributed by atoms with Crippen LogP contribution in [0, 0.1) is 0 Å². The van der Waals surface area contributed by atoms with Crippen molar-refractivity contribution in [2.24, 2.45) is 0 Å². The monoisotopic (exact) mass is 156 g/mol. The highest BCUT2D eigenvalue weighted by Crippen LogP contribution is 2.09. The molecule has 0 radical (unpaired) electrons. The van der Waals surface area contributed by atoms with Crippen molar-refractivity contribution in [2.75, 3.05) is 33.4 Å². The van der Waals surface area contributed by atoms with Crippen LogP contribution in [0.5, 0.6) is 0 Å². The average Bonchev–Trinajstić information content (AvgIpc) is 2.27. The summed E-state index contributed by atoms with van der Waals surface area (Å²) in [5.74, 6) is 0. The van der Waals surface area contributed by atoms with Gasteiger partial charge < -0.3 is 15.0 Å². The lowest BCUT2D eigenvalue weighted by Gasteiger charge is -2.29. The number of rotatable bonds is 2. The minimum Gasteiger partial charge on any atom is -0.378 e. The van der Waals surface area contributed by atoms with Crippen molar-refractivity contribution in [3.05, 3.63) is 0 Å². The summed E-state index contributed by atoms with van der Waals surface area (Å²) in [7, 11) is 2.18. The van der Waals surface area contributed by atoms with E-state index in [9.17, 15) is 0 Å². The van der Waals surface area contributed by atoms with Crippen LogP contribution in [0.25, 0.3) is 0 Å². The zero-order valence-electron chi connectivity index (χ0n) is 7.05. The first kappa shape index (κ1) is 7.53. The molecule has 64 valence electrons. The van der Waals surface area contributed by atoms with E-state index in [2.05, 4.69) is 17.3 Å². The van der Waals surface area contributed by atoms with E-state index in [0.717, 1.165) is 13.2 Å². The fraction of sp³-hybridized carbons (Fsp3) is 1.00. The first-order valence-electron chi connectivity index (χ1n) is 4.37. The average molecular weight is 156 g/mol. The standard InChI is InChI=1S/C8H16N2O/c1-10-3-2-7(4-10)9-8-5-11-6-8/h7-9H,2-6H2,1H3/t7-/m0/s1. The van der Waals surface area contributed by atoms with Gasteiger partial charge in [0.2, 0.25) is 0 Å². The van der Waals surface area contributed by atoms with E-state index in [0.29, 0.717) is 12.1 Å². The molecule has 3 nitrogen and oxygen atoms in total. The molecule has 2 heterocycles. The van der Waals surface area contributed by atoms with E-state index in [4.69, 9.17) is 4.74 Å². The SMILES string of the molecule is CN1CC[C@H](NC2COC2)C1. The lowest BCUT2D eigenvalue weighted by atomic mass is 10.2. The Morgan fingerprint density at radius 1 is 1.36 bits per heavy atom. The summed E-state index contributed by atoms with van der Waals surface area (Å²) in [6, 6.07) is 1.36. The maximum absolute atomic E-state index is 5.10. The summed E-state index contributed by atoms with van der Waals surface area (Å²) in [4.78, 5) is 2.37. The molecule has 0 unspecified atom stereocenters. The first-order chi connectivity index (χ1) is 5.34. The molecule has 2 aliphatic heterocycles. The van der Waals surface area contributed by atoms with Crippen molar-refractivity contribution in [1.82, 2.24) is 10.2 Å². The van der Waals surface area contributed by atoms with E-state index in [-0.39, 0.29) is 0 Å². The fourth-order valence-corrected chi connectivity index (χ4v) is 1.74. The van der Waals surface area contributed by atoms with E-state index in [1.807, 2.05) is 0 Å². The highest BCUT2D eigenvalue weighted by molar-refractivity contribution is 4.84. The molecule has 2 aliphatic rings. The minimum atomic E-state index is 0.645. The second kappa shape index (κ2) is 3.09. The summed E-state index contributed by atoms with van der Waals surface area (Å²) in [5.41, 5.74) is 0. The fourth-order valence-electron chi connectivity index (χ4n) is 1.74. The Bertz CT molecular complexity index is 136. The number of hydrogen-bond donors (Lipinski definition) is 1. The maximum atomic E-state index is 5.10. The van der Waals surface area contributed by atoms with Gasteiger partial charge in [-0.05, 0) is 20.0 Å². The summed E-state index contributed by atoms with van der Waals surface area (Å²) < 4.78 is 5.10. The van der Waals surface area contributed by atoms with Crippen molar-refractivity contribution >= 4 is 0 Å². The molecule has 0 amide bonds. The van der Waals surface area contributed by atoms with Gasteiger partial charge in [0, 0.05) is 12.6 Å². The quantitative estimate of drug-likeness (QED) is 0.593. The van der Waals surface area contributed by atoms with Gasteiger partial charge in [0.25, 0.3) is 0 Å². The molecule has 0 saturated carbocycles. The lowest BCUT2D eigenvalue weighted by molar-refractivity contribution is -0.00939. The van der Waals surface area contributed by atoms with E-state index in [1.54, 1.807) is 0 Å². The molecule has 0 bridgehead atoms. The maximum Gasteiger partial charge on any atom is 0.0643 e. The summed E-state index contributed by atoms with van der Waals surface area (Å²) in [5, 5.41) is 3.58. The Morgan fingerprint density at radius 2 is 2.18 bits per heavy atom. The van der Waals surface area contributed by atoms with Crippen molar-refractivity contribution in [3.63, 3.8) is 0 Å². The Labute approximate surface area is 67.7 Å². The molecule has 0 aromatic heterocycles. The molecule has 2 rings (SSSR count). The van der Waals surface area contributed by atoms with Gasteiger partial charge in [-0.2, -0.15) is 0 Å². The van der Waals surface area contributed by atoms with Gasteiger partial charge in [0.1, 0.15) is 0 Å². The van der Waals surface area contributed by atoms with Crippen LogP contribution >= 0.6 is 0 Å². The molecule has 0 spiro atoms. The van der Waals surface area contributed by atoms with Crippen molar-refractivity contribution < 1.29 is 4.74 Å². The van der Waals surface area contributed by atoms with Gasteiger partial charge in [0.05, 0.1) is 19.3 Å². The normalized spacial score (nSPS) is 34.1. The van der Waals surface area contributed by atoms with E-state index < -0.39 is 0 Å². The van der Waals surface area contributed by atoms with Crippen molar-refractivity contribution in [1.29, 1.82) is 0 Å². The molecule has 0 aromatic rings. The zero-order chi connectivity index (χ0) is 7.68. The van der Waals surface area contributed by atoms with Crippen molar-refractivity contribution in [2.45, 2.75) is 18.5 Å². The summed E-state index contributed by atoms with van der Waals surface area (Å²) in [6.45, 7) is 4.28. The van der Waals surface area contributed by atoms with Gasteiger partial charge in [-0.1, -0.05) is 0 Å². The smallest absolute Gasteiger partial charge is 0.0643 e. The van der Waals surface area contributed by atoms with Crippen LogP contribution in [0.15, 0.2) is 0 Å². The second-order valence-electron chi connectivity index (χ2n) is 3.65. The van der Waals surface area contributed by atoms with Gasteiger partial charge in [-0.3, -0.25) is 0 Å². The Morgan fingerprint density at radius 3 is 2.64 bits per heavy atom. The van der Waals surface area contributed by atoms with Crippen molar-refractivity contribution in [3.8, 4) is 0 Å². The number of ether oxygens (including phenoxy) is 1. The predicted molar refractivity (Wildman–Crippen MR) is 43.6 cm³/mol. The Balaban J connectivity index is 1.70. The summed E-state index contributed by atoms with van der Waals surface area (Å²) in [6.07, 6.45) is 1.30. The van der Waals surface area contributed by atoms with Crippen LogP contribution in [0.2, 0.25) is 0 Å². The molecule has 2 saturated heterocycles. The number of nitrogens with zero attached hydrogens (tertiary/aromatic N) is 1. The molecular weight excluding hydrogens is 140 g/mol. The number of nitrogens with one attached hydrogen (secondary N) is 1. The zero-order valence-corrected chi connectivity index (χ0v) is 7.05. The van der Waals surface area contributed by atoms with Crippen LogP contribution in [0.1, 0.15) is 6.42 Å². The van der Waals surface area contributed by atoms with Crippen LogP contribution in [-0.4, -0.2) is 50.3 Å². The van der Waals surface area contributed by atoms with Gasteiger partial charge in [-0.25, -0.2) is 0 Å². The van der Waals surface area contributed by atoms with Gasteiger partial charge in [0.15, 0.2) is 0 Å². The minimum absolute atomic E-state index is 0.645. The highest BCUT2D eigenvalue weighted by atomic mass is 16.5.